The Morgan fingerprint density at radius 3 is 2.62 bits per heavy atom. The van der Waals surface area contributed by atoms with Crippen LogP contribution in [0.5, 0.6) is 5.75 Å². The summed E-state index contributed by atoms with van der Waals surface area (Å²) in [6.45, 7) is 1.91. The average molecular weight is 453 g/mol. The van der Waals surface area contributed by atoms with E-state index in [1.807, 2.05) is 0 Å². The fourth-order valence-electron chi connectivity index (χ4n) is 3.33. The average Bonchev–Trinajstić information content (AvgIpc) is 3.26. The maximum atomic E-state index is 13.5. The number of aromatic amines is 1. The number of rotatable bonds is 8. The van der Waals surface area contributed by atoms with E-state index < -0.39 is 15.7 Å². The molecule has 1 N–H and O–H groups in total. The van der Waals surface area contributed by atoms with Gasteiger partial charge in [0.2, 0.25) is 9.84 Å². The lowest BCUT2D eigenvalue weighted by atomic mass is 10.0. The quantitative estimate of drug-likeness (QED) is 0.318. The summed E-state index contributed by atoms with van der Waals surface area (Å²) in [7, 11) is -3.89. The first-order chi connectivity index (χ1) is 15.4. The molecule has 0 spiro atoms. The largest absolute Gasteiger partial charge is 0.492 e. The molecule has 2 heterocycles. The van der Waals surface area contributed by atoms with Gasteiger partial charge in [-0.05, 0) is 49.2 Å². The second-order valence-corrected chi connectivity index (χ2v) is 9.04. The first-order valence-electron chi connectivity index (χ1n) is 9.97. The highest BCUT2D eigenvalue weighted by Gasteiger charge is 2.23. The van der Waals surface area contributed by atoms with Gasteiger partial charge in [-0.2, -0.15) is 5.10 Å². The van der Waals surface area contributed by atoms with Gasteiger partial charge in [-0.15, -0.1) is 0 Å². The number of hydrogen-bond donors (Lipinski definition) is 1. The summed E-state index contributed by atoms with van der Waals surface area (Å²) in [5, 5.41) is 7.39. The van der Waals surface area contributed by atoms with Gasteiger partial charge in [-0.3, -0.25) is 9.89 Å². The molecule has 0 aliphatic carbocycles. The number of pyridine rings is 1. The number of halogens is 1. The summed E-state index contributed by atoms with van der Waals surface area (Å²) >= 11 is 0. The van der Waals surface area contributed by atoms with E-state index in [0.717, 1.165) is 23.1 Å². The predicted molar refractivity (Wildman–Crippen MR) is 116 cm³/mol. The first-order valence-corrected chi connectivity index (χ1v) is 11.5. The van der Waals surface area contributed by atoms with Crippen LogP contribution in [0.2, 0.25) is 0 Å². The molecule has 0 fully saturated rings. The van der Waals surface area contributed by atoms with Gasteiger partial charge in [-0.25, -0.2) is 17.8 Å². The molecule has 164 valence electrons. The summed E-state index contributed by atoms with van der Waals surface area (Å²) in [6, 6.07) is 11.4. The van der Waals surface area contributed by atoms with Crippen molar-refractivity contribution < 1.29 is 22.3 Å². The third-order valence-corrected chi connectivity index (χ3v) is 6.79. The Kier molecular flexibility index (Phi) is 6.00. The summed E-state index contributed by atoms with van der Waals surface area (Å²) < 4.78 is 44.9. The Labute approximate surface area is 184 Å². The maximum Gasteiger partial charge on any atom is 0.210 e. The fraction of sp³-hybridized carbons (Fsp3) is 0.174. The molecular weight excluding hydrogens is 433 g/mol. The topological polar surface area (TPSA) is 102 Å². The van der Waals surface area contributed by atoms with E-state index >= 15 is 0 Å². The van der Waals surface area contributed by atoms with E-state index in [0.29, 0.717) is 17.6 Å². The molecule has 0 aliphatic heterocycles. The number of nitrogens with one attached hydrogen (secondary N) is 1. The van der Waals surface area contributed by atoms with Crippen LogP contribution < -0.4 is 4.74 Å². The molecule has 0 atom stereocenters. The van der Waals surface area contributed by atoms with Gasteiger partial charge in [0, 0.05) is 29.6 Å². The van der Waals surface area contributed by atoms with Crippen LogP contribution in [0, 0.1) is 5.82 Å². The summed E-state index contributed by atoms with van der Waals surface area (Å²) in [5.41, 5.74) is 1.93. The minimum absolute atomic E-state index is 0.0228. The van der Waals surface area contributed by atoms with Gasteiger partial charge in [0.25, 0.3) is 0 Å². The normalized spacial score (nSPS) is 11.6. The van der Waals surface area contributed by atoms with E-state index in [-0.39, 0.29) is 34.4 Å². The highest BCUT2D eigenvalue weighted by molar-refractivity contribution is 7.91. The molecule has 0 aliphatic rings. The SMILES string of the molecule is CCOc1cc(F)ccc1S(=O)(=O)c1ccc(CCC(=O)c2cnc3[nH]ncc3c2)cc1. The molecule has 0 unspecified atom stereocenters. The fourth-order valence-corrected chi connectivity index (χ4v) is 4.70. The molecule has 0 amide bonds. The number of hydrogen-bond acceptors (Lipinski definition) is 6. The Balaban J connectivity index is 1.48. The summed E-state index contributed by atoms with van der Waals surface area (Å²) in [5.74, 6) is -0.662. The summed E-state index contributed by atoms with van der Waals surface area (Å²) in [6.07, 6.45) is 3.82. The number of nitrogens with zero attached hydrogens (tertiary/aromatic N) is 2. The number of ketones is 1. The molecule has 4 rings (SSSR count). The lowest BCUT2D eigenvalue weighted by Gasteiger charge is -2.11. The Morgan fingerprint density at radius 1 is 1.09 bits per heavy atom. The highest BCUT2D eigenvalue weighted by atomic mass is 32.2. The number of carbonyl (C=O) groups is 1. The lowest BCUT2D eigenvalue weighted by molar-refractivity contribution is 0.0982. The van der Waals surface area contributed by atoms with Crippen molar-refractivity contribution in [1.82, 2.24) is 15.2 Å². The number of aryl methyl sites for hydroxylation is 1. The molecule has 0 radical (unpaired) electrons. The Bertz CT molecular complexity index is 1380. The maximum absolute atomic E-state index is 13.5. The smallest absolute Gasteiger partial charge is 0.210 e. The third-order valence-electron chi connectivity index (χ3n) is 4.98. The van der Waals surface area contributed by atoms with E-state index in [4.69, 9.17) is 4.74 Å². The van der Waals surface area contributed by atoms with Crippen LogP contribution in [0.1, 0.15) is 29.3 Å². The van der Waals surface area contributed by atoms with Crippen LogP contribution in [0.3, 0.4) is 0 Å². The van der Waals surface area contributed by atoms with Crippen molar-refractivity contribution in [2.45, 2.75) is 29.6 Å². The van der Waals surface area contributed by atoms with Crippen molar-refractivity contribution in [3.05, 3.63) is 77.9 Å². The van der Waals surface area contributed by atoms with Crippen molar-refractivity contribution in [2.75, 3.05) is 6.61 Å². The number of aromatic nitrogens is 3. The van der Waals surface area contributed by atoms with Gasteiger partial charge in [-0.1, -0.05) is 12.1 Å². The zero-order valence-corrected chi connectivity index (χ0v) is 18.0. The zero-order chi connectivity index (χ0) is 22.7. The van der Waals surface area contributed by atoms with Crippen LogP contribution in [0.15, 0.2) is 70.7 Å². The summed E-state index contributed by atoms with van der Waals surface area (Å²) in [4.78, 5) is 16.7. The van der Waals surface area contributed by atoms with Crippen LogP contribution in [-0.2, 0) is 16.3 Å². The van der Waals surface area contributed by atoms with Gasteiger partial charge in [0.05, 0.1) is 17.7 Å². The minimum Gasteiger partial charge on any atom is -0.492 e. The van der Waals surface area contributed by atoms with E-state index in [2.05, 4.69) is 15.2 Å². The molecule has 9 heteroatoms. The molecule has 0 saturated heterocycles. The number of benzene rings is 2. The number of carbonyl (C=O) groups excluding carboxylic acids is 1. The van der Waals surface area contributed by atoms with E-state index in [1.165, 1.54) is 24.4 Å². The van der Waals surface area contributed by atoms with Gasteiger partial charge < -0.3 is 4.74 Å². The predicted octanol–water partition coefficient (Wildman–Crippen LogP) is 4.14. The molecular formula is C23H20FN3O4S. The van der Waals surface area contributed by atoms with Crippen LogP contribution >= 0.6 is 0 Å². The standard InChI is InChI=1S/C23H20FN3O4S/c1-2-31-21-12-18(24)6-10-22(21)32(29,30)19-7-3-15(4-8-19)5-9-20(28)16-11-17-14-26-27-23(17)25-13-16/h3-4,6-8,10-14H,2,5,9H2,1H3,(H,25,26,27). The molecule has 2 aromatic heterocycles. The van der Waals surface area contributed by atoms with Crippen molar-refractivity contribution in [3.8, 4) is 5.75 Å². The zero-order valence-electron chi connectivity index (χ0n) is 17.2. The highest BCUT2D eigenvalue weighted by Crippen LogP contribution is 2.30. The second kappa shape index (κ2) is 8.88. The van der Waals surface area contributed by atoms with E-state index in [1.54, 1.807) is 31.3 Å². The van der Waals surface area contributed by atoms with Gasteiger partial charge >= 0.3 is 0 Å². The van der Waals surface area contributed by atoms with Crippen LogP contribution in [0.4, 0.5) is 4.39 Å². The van der Waals surface area contributed by atoms with Crippen molar-refractivity contribution in [1.29, 1.82) is 0 Å². The number of ether oxygens (including phenoxy) is 1. The first kappa shape index (κ1) is 21.6. The number of fused-ring (bicyclic) bond motifs is 1. The van der Waals surface area contributed by atoms with Crippen LogP contribution in [-0.4, -0.2) is 36.0 Å². The van der Waals surface area contributed by atoms with Gasteiger partial charge in [0.1, 0.15) is 16.5 Å². The van der Waals surface area contributed by atoms with Crippen molar-refractivity contribution in [2.24, 2.45) is 0 Å². The second-order valence-electron chi connectivity index (χ2n) is 7.13. The molecule has 0 bridgehead atoms. The van der Waals surface area contributed by atoms with E-state index in [9.17, 15) is 17.6 Å². The lowest BCUT2D eigenvalue weighted by Crippen LogP contribution is -2.06. The molecule has 0 saturated carbocycles. The molecule has 32 heavy (non-hydrogen) atoms. The molecule has 4 aromatic rings. The minimum atomic E-state index is -3.89. The van der Waals surface area contributed by atoms with Gasteiger partial charge in [0.15, 0.2) is 11.4 Å². The van der Waals surface area contributed by atoms with Crippen molar-refractivity contribution in [3.63, 3.8) is 0 Å². The number of sulfone groups is 1. The number of Topliss-reactive ketones (excluding diaryl/α,β-unsaturated/α-hetero) is 1. The number of H-pyrrole nitrogens is 1. The Morgan fingerprint density at radius 2 is 1.88 bits per heavy atom. The monoisotopic (exact) mass is 453 g/mol. The Hall–Kier alpha value is -3.59. The third kappa shape index (κ3) is 4.38. The van der Waals surface area contributed by atoms with Crippen LogP contribution in [0.25, 0.3) is 11.0 Å². The van der Waals surface area contributed by atoms with Crippen molar-refractivity contribution >= 4 is 26.7 Å². The molecule has 7 nitrogen and oxygen atoms in total. The molecule has 2 aromatic carbocycles.